The van der Waals surface area contributed by atoms with Crippen LogP contribution in [0.3, 0.4) is 0 Å². The summed E-state index contributed by atoms with van der Waals surface area (Å²) in [5.74, 6) is 0.689. The molecule has 498 valence electrons. The van der Waals surface area contributed by atoms with Gasteiger partial charge in [0.25, 0.3) is 0 Å². The monoisotopic (exact) mass is 1240 g/mol. The third kappa shape index (κ3) is 59.0. The first kappa shape index (κ1) is 82.1. The van der Waals surface area contributed by atoms with Crippen LogP contribution in [-0.4, -0.2) is 96.7 Å². The van der Waals surface area contributed by atoms with Crippen molar-refractivity contribution in [1.82, 2.24) is 0 Å². The molecular formula is C65H126O17P2. The molecule has 0 fully saturated rings. The van der Waals surface area contributed by atoms with Crippen molar-refractivity contribution in [3.8, 4) is 0 Å². The number of unbranched alkanes of at least 4 members (excludes halogenated alkanes) is 28. The van der Waals surface area contributed by atoms with E-state index in [4.69, 9.17) is 37.0 Å². The summed E-state index contributed by atoms with van der Waals surface area (Å²) < 4.78 is 67.9. The number of phosphoric ester groups is 2. The molecule has 0 aromatic heterocycles. The largest absolute Gasteiger partial charge is 0.472 e. The van der Waals surface area contributed by atoms with Gasteiger partial charge in [-0.05, 0) is 49.4 Å². The first-order valence-electron chi connectivity index (χ1n) is 33.7. The molecule has 5 atom stereocenters. The van der Waals surface area contributed by atoms with Crippen LogP contribution < -0.4 is 0 Å². The van der Waals surface area contributed by atoms with Crippen LogP contribution in [0.1, 0.15) is 312 Å². The van der Waals surface area contributed by atoms with Gasteiger partial charge in [-0.15, -0.1) is 0 Å². The lowest BCUT2D eigenvalue weighted by Crippen LogP contribution is -2.30. The summed E-state index contributed by atoms with van der Waals surface area (Å²) in [6, 6.07) is 0. The van der Waals surface area contributed by atoms with Crippen LogP contribution in [0.5, 0.6) is 0 Å². The van der Waals surface area contributed by atoms with E-state index in [1.165, 1.54) is 109 Å². The molecule has 3 N–H and O–H groups in total. The lowest BCUT2D eigenvalue weighted by atomic mass is 10.0. The van der Waals surface area contributed by atoms with Crippen LogP contribution >= 0.6 is 15.6 Å². The number of ether oxygens (including phenoxy) is 4. The zero-order chi connectivity index (χ0) is 62.5. The van der Waals surface area contributed by atoms with Gasteiger partial charge in [-0.2, -0.15) is 0 Å². The molecule has 0 radical (unpaired) electrons. The van der Waals surface area contributed by atoms with Gasteiger partial charge in [0.05, 0.1) is 26.4 Å². The van der Waals surface area contributed by atoms with Crippen LogP contribution in [-0.2, 0) is 65.4 Å². The van der Waals surface area contributed by atoms with E-state index in [-0.39, 0.29) is 25.7 Å². The third-order valence-corrected chi connectivity index (χ3v) is 16.7. The number of esters is 4. The van der Waals surface area contributed by atoms with Crippen LogP contribution in [0.25, 0.3) is 0 Å². The maximum Gasteiger partial charge on any atom is 0.472 e. The normalized spacial score (nSPS) is 14.4. The van der Waals surface area contributed by atoms with Crippen LogP contribution in [0, 0.1) is 23.7 Å². The summed E-state index contributed by atoms with van der Waals surface area (Å²) in [4.78, 5) is 72.2. The van der Waals surface area contributed by atoms with Gasteiger partial charge >= 0.3 is 39.5 Å². The Morgan fingerprint density at radius 1 is 0.298 bits per heavy atom. The van der Waals surface area contributed by atoms with Gasteiger partial charge in [-0.25, -0.2) is 9.13 Å². The highest BCUT2D eigenvalue weighted by atomic mass is 31.2. The molecule has 0 aromatic rings. The smallest absolute Gasteiger partial charge is 0.462 e. The minimum Gasteiger partial charge on any atom is -0.462 e. The molecule has 17 nitrogen and oxygen atoms in total. The Kier molecular flexibility index (Phi) is 53.9. The van der Waals surface area contributed by atoms with Gasteiger partial charge in [-0.3, -0.25) is 37.3 Å². The van der Waals surface area contributed by atoms with Crippen LogP contribution in [0.15, 0.2) is 0 Å². The van der Waals surface area contributed by atoms with E-state index in [9.17, 15) is 43.2 Å². The Morgan fingerprint density at radius 3 is 0.738 bits per heavy atom. The van der Waals surface area contributed by atoms with Crippen molar-refractivity contribution < 1.29 is 80.2 Å². The van der Waals surface area contributed by atoms with E-state index in [0.29, 0.717) is 43.4 Å². The van der Waals surface area contributed by atoms with Crippen molar-refractivity contribution in [2.45, 2.75) is 331 Å². The SMILES string of the molecule is CC(C)CCCCCCCCCCCCCCCC(=O)OC[C@H](COP(=O)(O)OCC(O)COP(=O)(O)OC[C@@H](COC(=O)CCCCCCCCCC(C)C)OC(=O)CCCCCCCCC(C)C)OC(=O)CCCCCCCCC(C)C. The van der Waals surface area contributed by atoms with E-state index >= 15 is 0 Å². The molecule has 0 aliphatic carbocycles. The van der Waals surface area contributed by atoms with Crippen molar-refractivity contribution in [2.24, 2.45) is 23.7 Å². The number of hydrogen-bond acceptors (Lipinski definition) is 15. The Morgan fingerprint density at radius 2 is 0.500 bits per heavy atom. The number of phosphoric acid groups is 2. The highest BCUT2D eigenvalue weighted by Crippen LogP contribution is 2.45. The maximum absolute atomic E-state index is 13.0. The second-order valence-corrected chi connectivity index (χ2v) is 28.3. The average Bonchev–Trinajstić information content (AvgIpc) is 3.59. The average molecular weight is 1240 g/mol. The van der Waals surface area contributed by atoms with Gasteiger partial charge in [0.15, 0.2) is 12.2 Å². The fourth-order valence-corrected chi connectivity index (χ4v) is 11.2. The first-order valence-corrected chi connectivity index (χ1v) is 36.7. The molecular weight excluding hydrogens is 1110 g/mol. The molecule has 0 rings (SSSR count). The van der Waals surface area contributed by atoms with Gasteiger partial charge in [-0.1, -0.05) is 261 Å². The number of hydrogen-bond donors (Lipinski definition) is 3. The molecule has 0 amide bonds. The van der Waals surface area contributed by atoms with E-state index < -0.39 is 97.5 Å². The van der Waals surface area contributed by atoms with Crippen molar-refractivity contribution in [3.63, 3.8) is 0 Å². The zero-order valence-corrected chi connectivity index (χ0v) is 56.3. The van der Waals surface area contributed by atoms with Crippen molar-refractivity contribution in [2.75, 3.05) is 39.6 Å². The Labute approximate surface area is 511 Å². The second kappa shape index (κ2) is 55.2. The molecule has 0 aromatic carbocycles. The summed E-state index contributed by atoms with van der Waals surface area (Å²) in [7, 11) is -9.89. The quantitative estimate of drug-likeness (QED) is 0.0222. The van der Waals surface area contributed by atoms with Crippen LogP contribution in [0.2, 0.25) is 0 Å². The van der Waals surface area contributed by atoms with Crippen molar-refractivity contribution >= 4 is 39.5 Å². The summed E-state index contributed by atoms with van der Waals surface area (Å²) in [5, 5.41) is 10.5. The van der Waals surface area contributed by atoms with Crippen molar-refractivity contribution in [1.29, 1.82) is 0 Å². The second-order valence-electron chi connectivity index (χ2n) is 25.4. The lowest BCUT2D eigenvalue weighted by Gasteiger charge is -2.21. The summed E-state index contributed by atoms with van der Waals surface area (Å²) in [5.41, 5.74) is 0. The topological polar surface area (TPSA) is 237 Å². The van der Waals surface area contributed by atoms with E-state index in [0.717, 1.165) is 102 Å². The fourth-order valence-electron chi connectivity index (χ4n) is 9.61. The van der Waals surface area contributed by atoms with E-state index in [1.807, 2.05) is 0 Å². The van der Waals surface area contributed by atoms with Gasteiger partial charge in [0, 0.05) is 25.7 Å². The molecule has 0 saturated heterocycles. The Balaban J connectivity index is 5.18. The predicted molar refractivity (Wildman–Crippen MR) is 335 cm³/mol. The Bertz CT molecular complexity index is 1680. The van der Waals surface area contributed by atoms with Crippen molar-refractivity contribution in [3.05, 3.63) is 0 Å². The number of aliphatic hydroxyl groups is 1. The highest BCUT2D eigenvalue weighted by Gasteiger charge is 2.30. The standard InChI is InChI=1S/C65H126O17P2/c1-55(2)41-33-25-17-14-12-10-9-11-13-15-19-29-37-45-62(67)75-51-60(81-64(69)47-39-31-23-21-27-35-43-57(5)6)53-79-83(71,72)77-49-59(66)50-78-84(73,74)80-54-61(82-65(70)48-40-32-24-22-28-36-44-58(7)8)52-76-63(68)46-38-30-20-16-18-26-34-42-56(3)4/h55-61,66H,9-54H2,1-8H3,(H,71,72)(H,73,74)/t59?,60-,61-/m1/s1. The molecule has 0 spiro atoms. The molecule has 19 heteroatoms. The molecule has 0 heterocycles. The third-order valence-electron chi connectivity index (χ3n) is 14.8. The Hall–Kier alpha value is -1.94. The molecule has 84 heavy (non-hydrogen) atoms. The molecule has 0 saturated carbocycles. The predicted octanol–water partition coefficient (Wildman–Crippen LogP) is 17.8. The van der Waals surface area contributed by atoms with E-state index in [1.54, 1.807) is 0 Å². The van der Waals surface area contributed by atoms with Gasteiger partial charge < -0.3 is 33.8 Å². The number of aliphatic hydroxyl groups excluding tert-OH is 1. The lowest BCUT2D eigenvalue weighted by molar-refractivity contribution is -0.161. The zero-order valence-electron chi connectivity index (χ0n) is 54.5. The highest BCUT2D eigenvalue weighted by molar-refractivity contribution is 7.47. The van der Waals surface area contributed by atoms with Gasteiger partial charge in [0.2, 0.25) is 0 Å². The first-order chi connectivity index (χ1) is 40.1. The summed E-state index contributed by atoms with van der Waals surface area (Å²) >= 11 is 0. The molecule has 0 aliphatic rings. The van der Waals surface area contributed by atoms with E-state index in [2.05, 4.69) is 55.4 Å². The summed E-state index contributed by atoms with van der Waals surface area (Å²) in [6.07, 6.45) is 35.3. The van der Waals surface area contributed by atoms with Gasteiger partial charge in [0.1, 0.15) is 19.3 Å². The molecule has 0 bridgehead atoms. The minimum absolute atomic E-state index is 0.101. The summed E-state index contributed by atoms with van der Waals surface area (Å²) in [6.45, 7) is 13.9. The molecule has 0 aliphatic heterocycles. The maximum atomic E-state index is 13.0. The fraction of sp³-hybridized carbons (Fsp3) is 0.938. The number of carbonyl (C=O) groups is 4. The number of rotatable bonds is 62. The van der Waals surface area contributed by atoms with Crippen LogP contribution in [0.4, 0.5) is 0 Å². The number of carbonyl (C=O) groups excluding carboxylic acids is 4. The molecule has 3 unspecified atom stereocenters. The minimum atomic E-state index is -4.95.